The Morgan fingerprint density at radius 2 is 1.87 bits per heavy atom. The van der Waals surface area contributed by atoms with E-state index in [1.165, 1.54) is 5.56 Å². The molecule has 0 aromatic heterocycles. The molecule has 2 atom stereocenters. The lowest BCUT2D eigenvalue weighted by molar-refractivity contribution is 0.414. The summed E-state index contributed by atoms with van der Waals surface area (Å²) in [5.74, 6) is 1.45. The lowest BCUT2D eigenvalue weighted by Crippen LogP contribution is -2.29. The lowest BCUT2D eigenvalue weighted by Gasteiger charge is -2.22. The molecule has 0 fully saturated rings. The largest absolute Gasteiger partial charge is 0.497 e. The number of likely N-dealkylation sites (N-methyl/N-ethyl adjacent to an activating group) is 1. The summed E-state index contributed by atoms with van der Waals surface area (Å²) in [7, 11) is 3.72. The van der Waals surface area contributed by atoms with Gasteiger partial charge in [-0.3, -0.25) is 0 Å². The highest BCUT2D eigenvalue weighted by atomic mass is 16.5. The summed E-state index contributed by atoms with van der Waals surface area (Å²) in [6, 6.07) is 8.87. The van der Waals surface area contributed by atoms with Gasteiger partial charge in [0, 0.05) is 6.04 Å². The highest BCUT2D eigenvalue weighted by Gasteiger charge is 2.14. The lowest BCUT2D eigenvalue weighted by atomic mass is 9.92. The predicted octanol–water partition coefficient (Wildman–Crippen LogP) is 2.80. The smallest absolute Gasteiger partial charge is 0.118 e. The topological polar surface area (TPSA) is 21.3 Å². The molecule has 2 nitrogen and oxygen atoms in total. The van der Waals surface area contributed by atoms with E-state index in [4.69, 9.17) is 4.74 Å². The molecule has 0 aliphatic heterocycles. The fraction of sp³-hybridized carbons (Fsp3) is 0.538. The first-order valence-corrected chi connectivity index (χ1v) is 5.54. The molecule has 84 valence electrons. The molecule has 0 saturated heterocycles. The number of ether oxygens (including phenoxy) is 1. The second kappa shape index (κ2) is 5.76. The van der Waals surface area contributed by atoms with Crippen LogP contribution in [0.3, 0.4) is 0 Å². The summed E-state index contributed by atoms with van der Waals surface area (Å²) in [5, 5.41) is 3.35. The molecule has 0 bridgehead atoms. The number of methoxy groups -OCH3 is 1. The van der Waals surface area contributed by atoms with E-state index in [9.17, 15) is 0 Å². The Morgan fingerprint density at radius 1 is 1.27 bits per heavy atom. The summed E-state index contributed by atoms with van der Waals surface area (Å²) in [4.78, 5) is 0. The molecule has 2 unspecified atom stereocenters. The van der Waals surface area contributed by atoms with Crippen molar-refractivity contribution in [1.29, 1.82) is 0 Å². The summed E-state index contributed by atoms with van der Waals surface area (Å²) in [6.45, 7) is 4.47. The first kappa shape index (κ1) is 12.1. The molecule has 0 radical (unpaired) electrons. The fourth-order valence-electron chi connectivity index (χ4n) is 1.95. The minimum atomic E-state index is 0.533. The van der Waals surface area contributed by atoms with Crippen molar-refractivity contribution in [3.05, 3.63) is 29.8 Å². The van der Waals surface area contributed by atoms with Gasteiger partial charge in [0.15, 0.2) is 0 Å². The SMILES string of the molecule is CCC(NC)C(C)c1ccc(OC)cc1. The molecule has 2 heteroatoms. The van der Waals surface area contributed by atoms with Gasteiger partial charge >= 0.3 is 0 Å². The van der Waals surface area contributed by atoms with Crippen molar-refractivity contribution in [3.63, 3.8) is 0 Å². The van der Waals surface area contributed by atoms with E-state index < -0.39 is 0 Å². The standard InChI is InChI=1S/C13H21NO/c1-5-13(14-3)10(2)11-6-8-12(15-4)9-7-11/h6-10,13-14H,5H2,1-4H3. The van der Waals surface area contributed by atoms with Crippen LogP contribution in [0.15, 0.2) is 24.3 Å². The molecular weight excluding hydrogens is 186 g/mol. The summed E-state index contributed by atoms with van der Waals surface area (Å²) in [5.41, 5.74) is 1.36. The van der Waals surface area contributed by atoms with Gasteiger partial charge in [-0.25, -0.2) is 0 Å². The monoisotopic (exact) mass is 207 g/mol. The summed E-state index contributed by atoms with van der Waals surface area (Å²) < 4.78 is 5.15. The molecule has 1 rings (SSSR count). The van der Waals surface area contributed by atoms with Crippen LogP contribution in [-0.2, 0) is 0 Å². The second-order valence-electron chi connectivity index (χ2n) is 3.87. The van der Waals surface area contributed by atoms with E-state index in [1.54, 1.807) is 7.11 Å². The van der Waals surface area contributed by atoms with E-state index in [0.29, 0.717) is 12.0 Å². The second-order valence-corrected chi connectivity index (χ2v) is 3.87. The summed E-state index contributed by atoms with van der Waals surface area (Å²) in [6.07, 6.45) is 1.14. The Kier molecular flexibility index (Phi) is 4.63. The van der Waals surface area contributed by atoms with E-state index in [1.807, 2.05) is 19.2 Å². The maximum Gasteiger partial charge on any atom is 0.118 e. The van der Waals surface area contributed by atoms with Crippen molar-refractivity contribution < 1.29 is 4.74 Å². The Balaban J connectivity index is 2.76. The van der Waals surface area contributed by atoms with Gasteiger partial charge < -0.3 is 10.1 Å². The van der Waals surface area contributed by atoms with E-state index in [-0.39, 0.29) is 0 Å². The first-order valence-electron chi connectivity index (χ1n) is 5.54. The predicted molar refractivity (Wildman–Crippen MR) is 64.5 cm³/mol. The fourth-order valence-corrected chi connectivity index (χ4v) is 1.95. The highest BCUT2D eigenvalue weighted by Crippen LogP contribution is 2.23. The zero-order chi connectivity index (χ0) is 11.3. The Bertz CT molecular complexity index is 277. The molecule has 1 aromatic rings. The molecule has 0 spiro atoms. The van der Waals surface area contributed by atoms with Crippen molar-refractivity contribution in [2.24, 2.45) is 0 Å². The minimum Gasteiger partial charge on any atom is -0.497 e. The van der Waals surface area contributed by atoms with Crippen LogP contribution in [0.25, 0.3) is 0 Å². The zero-order valence-electron chi connectivity index (χ0n) is 10.1. The van der Waals surface area contributed by atoms with Gasteiger partial charge in [0.2, 0.25) is 0 Å². The van der Waals surface area contributed by atoms with Crippen molar-refractivity contribution in [1.82, 2.24) is 5.32 Å². The van der Waals surface area contributed by atoms with Crippen molar-refractivity contribution >= 4 is 0 Å². The van der Waals surface area contributed by atoms with Crippen LogP contribution in [0.4, 0.5) is 0 Å². The van der Waals surface area contributed by atoms with Gasteiger partial charge in [0.05, 0.1) is 7.11 Å². The van der Waals surface area contributed by atoms with Crippen LogP contribution in [0.1, 0.15) is 31.7 Å². The van der Waals surface area contributed by atoms with Gasteiger partial charge in [0.1, 0.15) is 5.75 Å². The normalized spacial score (nSPS) is 14.7. The third-order valence-corrected chi connectivity index (χ3v) is 3.06. The third kappa shape index (κ3) is 2.96. The summed E-state index contributed by atoms with van der Waals surface area (Å²) >= 11 is 0. The molecule has 1 aromatic carbocycles. The molecule has 0 aliphatic carbocycles. The Hall–Kier alpha value is -1.02. The Morgan fingerprint density at radius 3 is 2.27 bits per heavy atom. The third-order valence-electron chi connectivity index (χ3n) is 3.06. The molecule has 0 heterocycles. The average molecular weight is 207 g/mol. The van der Waals surface area contributed by atoms with Gasteiger partial charge in [-0.05, 0) is 37.1 Å². The molecule has 0 aliphatic rings. The van der Waals surface area contributed by atoms with Crippen LogP contribution < -0.4 is 10.1 Å². The highest BCUT2D eigenvalue weighted by molar-refractivity contribution is 5.29. The van der Waals surface area contributed by atoms with Gasteiger partial charge in [0.25, 0.3) is 0 Å². The van der Waals surface area contributed by atoms with Crippen molar-refractivity contribution in [2.45, 2.75) is 32.2 Å². The maximum absolute atomic E-state index is 5.15. The average Bonchev–Trinajstić information content (AvgIpc) is 2.30. The number of hydrogen-bond acceptors (Lipinski definition) is 2. The van der Waals surface area contributed by atoms with E-state index in [0.717, 1.165) is 12.2 Å². The van der Waals surface area contributed by atoms with Crippen LogP contribution in [0.2, 0.25) is 0 Å². The molecule has 15 heavy (non-hydrogen) atoms. The van der Waals surface area contributed by atoms with E-state index in [2.05, 4.69) is 31.3 Å². The van der Waals surface area contributed by atoms with Gasteiger partial charge in [-0.15, -0.1) is 0 Å². The number of rotatable bonds is 5. The maximum atomic E-state index is 5.15. The van der Waals surface area contributed by atoms with Crippen molar-refractivity contribution in [3.8, 4) is 5.75 Å². The first-order chi connectivity index (χ1) is 7.22. The quantitative estimate of drug-likeness (QED) is 0.801. The van der Waals surface area contributed by atoms with Crippen LogP contribution >= 0.6 is 0 Å². The minimum absolute atomic E-state index is 0.533. The van der Waals surface area contributed by atoms with Crippen LogP contribution in [-0.4, -0.2) is 20.2 Å². The van der Waals surface area contributed by atoms with Gasteiger partial charge in [-0.2, -0.15) is 0 Å². The molecule has 0 saturated carbocycles. The van der Waals surface area contributed by atoms with Crippen LogP contribution in [0, 0.1) is 0 Å². The number of benzene rings is 1. The zero-order valence-corrected chi connectivity index (χ0v) is 10.1. The Labute approximate surface area is 92.6 Å². The van der Waals surface area contributed by atoms with Crippen molar-refractivity contribution in [2.75, 3.05) is 14.2 Å². The molecule has 0 amide bonds. The molecule has 1 N–H and O–H groups in total. The number of hydrogen-bond donors (Lipinski definition) is 1. The van der Waals surface area contributed by atoms with Gasteiger partial charge in [-0.1, -0.05) is 26.0 Å². The van der Waals surface area contributed by atoms with Crippen LogP contribution in [0.5, 0.6) is 5.75 Å². The number of nitrogens with one attached hydrogen (secondary N) is 1. The van der Waals surface area contributed by atoms with E-state index >= 15 is 0 Å². The molecular formula is C13H21NO.